The summed E-state index contributed by atoms with van der Waals surface area (Å²) >= 11 is 6.43. The molecule has 0 bridgehead atoms. The largest absolute Gasteiger partial charge is 0.490 e. The van der Waals surface area contributed by atoms with Crippen molar-refractivity contribution in [3.05, 3.63) is 65.2 Å². The van der Waals surface area contributed by atoms with Crippen molar-refractivity contribution in [1.82, 2.24) is 0 Å². The molecule has 3 aliphatic rings. The third-order valence-corrected chi connectivity index (χ3v) is 18.1. The second-order valence-electron chi connectivity index (χ2n) is 14.1. The molecule has 1 saturated carbocycles. The lowest BCUT2D eigenvalue weighted by atomic mass is 9.68. The van der Waals surface area contributed by atoms with Crippen molar-refractivity contribution in [2.24, 2.45) is 21.0 Å². The van der Waals surface area contributed by atoms with Crippen molar-refractivity contribution < 1.29 is 13.7 Å². The lowest BCUT2D eigenvalue weighted by molar-refractivity contribution is 0.0135. The number of nitrogens with two attached hydrogens (primary N) is 1. The number of anilines is 1. The van der Waals surface area contributed by atoms with Gasteiger partial charge in [-0.05, 0) is 104 Å². The summed E-state index contributed by atoms with van der Waals surface area (Å²) in [6.07, 6.45) is 7.38. The number of fused-ring (bicyclic) bond motifs is 3. The Labute approximate surface area is 259 Å². The summed E-state index contributed by atoms with van der Waals surface area (Å²) in [6, 6.07) is 12.1. The quantitative estimate of drug-likeness (QED) is 0.251. The van der Waals surface area contributed by atoms with Crippen molar-refractivity contribution >= 4 is 35.4 Å². The van der Waals surface area contributed by atoms with Gasteiger partial charge in [-0.15, -0.1) is 6.58 Å². The highest BCUT2D eigenvalue weighted by atomic mass is 35.5. The number of hydrogen-bond acceptors (Lipinski definition) is 5. The Morgan fingerprint density at radius 3 is 2.69 bits per heavy atom. The molecule has 5 atom stereocenters. The van der Waals surface area contributed by atoms with Crippen molar-refractivity contribution in [3.8, 4) is 5.75 Å². The van der Waals surface area contributed by atoms with Crippen molar-refractivity contribution in [2.75, 3.05) is 31.7 Å². The van der Waals surface area contributed by atoms with Gasteiger partial charge >= 0.3 is 0 Å². The minimum Gasteiger partial charge on any atom is -0.490 e. The van der Waals surface area contributed by atoms with Gasteiger partial charge < -0.3 is 14.4 Å². The van der Waals surface area contributed by atoms with Crippen LogP contribution in [0.3, 0.4) is 0 Å². The highest BCUT2D eigenvalue weighted by Gasteiger charge is 2.44. The zero-order chi connectivity index (χ0) is 30.5. The van der Waals surface area contributed by atoms with E-state index in [9.17, 15) is 4.21 Å². The van der Waals surface area contributed by atoms with Crippen LogP contribution in [0.1, 0.15) is 57.6 Å². The van der Waals surface area contributed by atoms with Crippen LogP contribution in [0.15, 0.2) is 58.0 Å². The van der Waals surface area contributed by atoms with E-state index in [0.717, 1.165) is 61.7 Å². The van der Waals surface area contributed by atoms with E-state index in [0.29, 0.717) is 23.3 Å². The summed E-state index contributed by atoms with van der Waals surface area (Å²) < 4.78 is 31.4. The van der Waals surface area contributed by atoms with Crippen LogP contribution in [0.25, 0.3) is 0 Å². The fourth-order valence-electron chi connectivity index (χ4n) is 6.79. The second-order valence-corrected chi connectivity index (χ2v) is 21.5. The molecule has 0 aromatic heterocycles. The number of halogens is 1. The molecule has 2 aromatic carbocycles. The van der Waals surface area contributed by atoms with E-state index in [1.54, 1.807) is 7.11 Å². The van der Waals surface area contributed by atoms with Crippen LogP contribution in [0.5, 0.6) is 5.75 Å². The molecule has 230 valence electrons. The number of hydrogen-bond donors (Lipinski definition) is 1. The first kappa shape index (κ1) is 31.6. The van der Waals surface area contributed by atoms with Crippen LogP contribution in [-0.4, -0.2) is 45.4 Å². The van der Waals surface area contributed by atoms with Crippen molar-refractivity contribution in [3.63, 3.8) is 0 Å². The molecule has 42 heavy (non-hydrogen) atoms. The van der Waals surface area contributed by atoms with E-state index in [4.69, 9.17) is 30.2 Å². The van der Waals surface area contributed by atoms with Crippen LogP contribution in [0.4, 0.5) is 5.69 Å². The fourth-order valence-corrected chi connectivity index (χ4v) is 11.8. The summed E-state index contributed by atoms with van der Waals surface area (Å²) in [5, 5.41) is 7.30. The first-order chi connectivity index (χ1) is 19.7. The Morgan fingerprint density at radius 2 is 2.05 bits per heavy atom. The van der Waals surface area contributed by atoms with Crippen LogP contribution in [-0.2, 0) is 26.5 Å². The fraction of sp³-hybridized carbons (Fsp3) is 0.576. The first-order valence-electron chi connectivity index (χ1n) is 15.2. The molecular formula is C33H48ClN3O3SSi. The molecule has 0 radical (unpaired) electrons. The molecule has 1 unspecified atom stereocenters. The molecule has 2 N–H and O–H groups in total. The maximum Gasteiger partial charge on any atom is 0.195 e. The zero-order valence-corrected chi connectivity index (χ0v) is 28.7. The Morgan fingerprint density at radius 1 is 1.29 bits per heavy atom. The molecule has 1 fully saturated rings. The van der Waals surface area contributed by atoms with Gasteiger partial charge in [0.25, 0.3) is 0 Å². The Balaban J connectivity index is 1.59. The number of methoxy groups -OCH3 is 1. The standard InChI is InChI=1S/C33H48ClN3O3SSi/c1-8-30(39-5)27-14-11-24(27)20-37-21-33(17-9-10-23-18-25(34)12-15-28(23)33)22-40-31-16-13-26(19-29(31)37)41(35,38)36-42(6,7)32(2,3)4/h8,12-13,15-16,18-19,24,27,30H,1,9-11,14,17,20-22H2,2-7H3,(H2,35,36,38)/t24-,27+,30-,33-,41?/m0/s1. The molecule has 1 aliphatic heterocycles. The number of aryl methyl sites for hydroxylation is 1. The molecule has 2 aliphatic carbocycles. The number of rotatable bonds is 7. The summed E-state index contributed by atoms with van der Waals surface area (Å²) in [5.41, 5.74) is 3.42. The van der Waals surface area contributed by atoms with Crippen LogP contribution < -0.4 is 14.8 Å². The van der Waals surface area contributed by atoms with E-state index in [2.05, 4.69) is 57.5 Å². The van der Waals surface area contributed by atoms with Gasteiger partial charge in [0.1, 0.15) is 15.7 Å². The smallest absolute Gasteiger partial charge is 0.195 e. The normalized spacial score (nSPS) is 26.1. The minimum absolute atomic E-state index is 0.0375. The number of benzene rings is 2. The molecule has 0 amide bonds. The topological polar surface area (TPSA) is 77.1 Å². The molecule has 0 saturated heterocycles. The Bertz CT molecular complexity index is 1460. The maximum atomic E-state index is 14.1. The number of nitrogens with zero attached hydrogens (tertiary/aromatic N) is 2. The highest BCUT2D eigenvalue weighted by molar-refractivity contribution is 7.92. The van der Waals surface area contributed by atoms with E-state index in [-0.39, 0.29) is 16.6 Å². The lowest BCUT2D eigenvalue weighted by Crippen LogP contribution is -2.49. The highest BCUT2D eigenvalue weighted by Crippen LogP contribution is 2.47. The van der Waals surface area contributed by atoms with E-state index >= 15 is 0 Å². The second kappa shape index (κ2) is 11.6. The first-order valence-corrected chi connectivity index (χ1v) is 20.1. The van der Waals surface area contributed by atoms with Gasteiger partial charge in [0.05, 0.1) is 23.3 Å². The Hall–Kier alpha value is -1.84. The predicted octanol–water partition coefficient (Wildman–Crippen LogP) is 7.75. The molecule has 1 spiro atoms. The SMILES string of the molecule is C=C[C@H](OC)[C@@H]1CC[C@H]1CN1C[C@@]2(CCCc3cc(Cl)ccc32)COc2ccc(S(N)(=O)=N[Si](C)(C)C(C)(C)C)cc21. The lowest BCUT2D eigenvalue weighted by Gasteiger charge is -2.46. The molecule has 5 rings (SSSR count). The van der Waals surface area contributed by atoms with Crippen molar-refractivity contribution in [1.29, 1.82) is 0 Å². The zero-order valence-electron chi connectivity index (χ0n) is 26.1. The predicted molar refractivity (Wildman–Crippen MR) is 178 cm³/mol. The van der Waals surface area contributed by atoms with Gasteiger partial charge in [0, 0.05) is 30.6 Å². The summed E-state index contributed by atoms with van der Waals surface area (Å²) in [4.78, 5) is 3.04. The molecule has 2 aromatic rings. The average molecular weight is 630 g/mol. The van der Waals surface area contributed by atoms with Gasteiger partial charge in [-0.25, -0.2) is 9.35 Å². The van der Waals surface area contributed by atoms with Crippen LogP contribution in [0, 0.1) is 11.8 Å². The summed E-state index contributed by atoms with van der Waals surface area (Å²) in [6.45, 7) is 17.0. The van der Waals surface area contributed by atoms with Crippen LogP contribution >= 0.6 is 11.6 Å². The average Bonchev–Trinajstić information content (AvgIpc) is 3.05. The third kappa shape index (κ3) is 5.94. The maximum absolute atomic E-state index is 14.1. The molecule has 1 heterocycles. The molecule has 9 heteroatoms. The van der Waals surface area contributed by atoms with Gasteiger partial charge in [0.15, 0.2) is 8.24 Å². The summed E-state index contributed by atoms with van der Waals surface area (Å²) in [5.74, 6) is 1.68. The Kier molecular flexibility index (Phi) is 8.71. The third-order valence-electron chi connectivity index (χ3n) is 10.4. The molecule has 6 nitrogen and oxygen atoms in total. The van der Waals surface area contributed by atoms with Gasteiger partial charge in [-0.3, -0.25) is 4.03 Å². The van der Waals surface area contributed by atoms with Crippen LogP contribution in [0.2, 0.25) is 23.2 Å². The number of ether oxygens (including phenoxy) is 2. The van der Waals surface area contributed by atoms with Gasteiger partial charge in [-0.1, -0.05) is 44.5 Å². The van der Waals surface area contributed by atoms with E-state index in [1.807, 2.05) is 30.3 Å². The van der Waals surface area contributed by atoms with Gasteiger partial charge in [0.2, 0.25) is 0 Å². The summed E-state index contributed by atoms with van der Waals surface area (Å²) in [7, 11) is -3.60. The van der Waals surface area contributed by atoms with E-state index < -0.39 is 18.2 Å². The minimum atomic E-state index is -3.10. The van der Waals surface area contributed by atoms with E-state index in [1.165, 1.54) is 11.1 Å². The van der Waals surface area contributed by atoms with Gasteiger partial charge in [-0.2, -0.15) is 0 Å². The monoisotopic (exact) mass is 629 g/mol. The molecular weight excluding hydrogens is 582 g/mol. The van der Waals surface area contributed by atoms with Crippen molar-refractivity contribution in [2.45, 2.75) is 87.4 Å².